The lowest BCUT2D eigenvalue weighted by Gasteiger charge is -2.27. The molecule has 1 aliphatic rings. The molecule has 166 valence electrons. The number of nitrogens with one attached hydrogen (secondary N) is 1. The topological polar surface area (TPSA) is 107 Å². The molecule has 0 spiro atoms. The van der Waals surface area contributed by atoms with E-state index in [1.807, 2.05) is 6.92 Å². The Morgan fingerprint density at radius 2 is 1.97 bits per heavy atom. The minimum Gasteiger partial charge on any atom is -0.452 e. The first-order valence-corrected chi connectivity index (χ1v) is 10.3. The van der Waals surface area contributed by atoms with Gasteiger partial charge in [-0.2, -0.15) is 0 Å². The van der Waals surface area contributed by atoms with Gasteiger partial charge in [0.05, 0.1) is 16.9 Å². The standard InChI is InChI=1S/C23H24N4O5/c1-13-9-17(16(4)26(13)20-11-15(3)32-25-20)23(30)31-12-22(29)27-14(2)10-21(28)24-18-7-5-6-8-19(18)27/h5-9,11,14H,10,12H2,1-4H3,(H,24,28)/t14-/m1/s1. The van der Waals surface area contributed by atoms with Crippen LogP contribution in [0.3, 0.4) is 0 Å². The number of rotatable bonds is 4. The van der Waals surface area contributed by atoms with Crippen LogP contribution in [0.4, 0.5) is 11.4 Å². The van der Waals surface area contributed by atoms with Crippen molar-refractivity contribution < 1.29 is 23.6 Å². The first-order chi connectivity index (χ1) is 15.3. The number of amides is 2. The van der Waals surface area contributed by atoms with Gasteiger partial charge in [0.15, 0.2) is 12.4 Å². The van der Waals surface area contributed by atoms with Crippen LogP contribution in [-0.4, -0.2) is 40.2 Å². The fourth-order valence-corrected chi connectivity index (χ4v) is 4.02. The molecule has 2 aromatic heterocycles. The molecule has 0 saturated heterocycles. The summed E-state index contributed by atoms with van der Waals surface area (Å²) in [6.45, 7) is 6.75. The van der Waals surface area contributed by atoms with Crippen LogP contribution in [0.15, 0.2) is 40.9 Å². The molecular formula is C23H24N4O5. The van der Waals surface area contributed by atoms with Crippen molar-refractivity contribution in [3.05, 3.63) is 59.1 Å². The molecule has 0 aliphatic carbocycles. The Hall–Kier alpha value is -3.88. The van der Waals surface area contributed by atoms with E-state index in [1.54, 1.807) is 61.7 Å². The van der Waals surface area contributed by atoms with Gasteiger partial charge < -0.3 is 19.5 Å². The molecule has 1 aromatic carbocycles. The molecule has 0 bridgehead atoms. The van der Waals surface area contributed by atoms with Gasteiger partial charge in [0.1, 0.15) is 5.76 Å². The van der Waals surface area contributed by atoms with E-state index in [4.69, 9.17) is 9.26 Å². The maximum atomic E-state index is 13.0. The molecule has 0 unspecified atom stereocenters. The second-order valence-electron chi connectivity index (χ2n) is 7.87. The van der Waals surface area contributed by atoms with Gasteiger partial charge in [-0.25, -0.2) is 4.79 Å². The van der Waals surface area contributed by atoms with Crippen LogP contribution in [0, 0.1) is 20.8 Å². The summed E-state index contributed by atoms with van der Waals surface area (Å²) >= 11 is 0. The van der Waals surface area contributed by atoms with E-state index in [9.17, 15) is 14.4 Å². The van der Waals surface area contributed by atoms with Gasteiger partial charge in [0.25, 0.3) is 5.91 Å². The first-order valence-electron chi connectivity index (χ1n) is 10.3. The fraction of sp³-hybridized carbons (Fsp3) is 0.304. The van der Waals surface area contributed by atoms with E-state index >= 15 is 0 Å². The van der Waals surface area contributed by atoms with E-state index in [-0.39, 0.29) is 18.4 Å². The van der Waals surface area contributed by atoms with E-state index in [1.165, 1.54) is 4.90 Å². The highest BCUT2D eigenvalue weighted by atomic mass is 16.5. The van der Waals surface area contributed by atoms with E-state index in [0.717, 1.165) is 5.69 Å². The predicted octanol–water partition coefficient (Wildman–Crippen LogP) is 3.31. The first kappa shape index (κ1) is 21.4. The largest absolute Gasteiger partial charge is 0.452 e. The van der Waals surface area contributed by atoms with Crippen molar-refractivity contribution in [1.82, 2.24) is 9.72 Å². The molecule has 3 heterocycles. The number of hydrogen-bond donors (Lipinski definition) is 1. The van der Waals surface area contributed by atoms with E-state index in [0.29, 0.717) is 34.2 Å². The molecule has 4 rings (SSSR count). The van der Waals surface area contributed by atoms with Gasteiger partial charge in [-0.1, -0.05) is 17.3 Å². The number of esters is 1. The molecule has 1 aliphatic heterocycles. The highest BCUT2D eigenvalue weighted by Crippen LogP contribution is 2.31. The van der Waals surface area contributed by atoms with Crippen molar-refractivity contribution in [2.75, 3.05) is 16.8 Å². The molecule has 32 heavy (non-hydrogen) atoms. The minimum absolute atomic E-state index is 0.145. The summed E-state index contributed by atoms with van der Waals surface area (Å²) in [7, 11) is 0. The van der Waals surface area contributed by atoms with Crippen LogP contribution >= 0.6 is 0 Å². The number of benzene rings is 1. The summed E-state index contributed by atoms with van der Waals surface area (Å²) in [6, 6.07) is 10.1. The number of aryl methyl sites for hydroxylation is 2. The van der Waals surface area contributed by atoms with Crippen molar-refractivity contribution >= 4 is 29.2 Å². The number of aromatic nitrogens is 2. The third-order valence-corrected chi connectivity index (χ3v) is 5.45. The van der Waals surface area contributed by atoms with Crippen LogP contribution in [0.25, 0.3) is 5.82 Å². The molecule has 1 N–H and O–H groups in total. The van der Waals surface area contributed by atoms with E-state index in [2.05, 4.69) is 10.5 Å². The Labute approximate surface area is 184 Å². The maximum absolute atomic E-state index is 13.0. The minimum atomic E-state index is -0.608. The smallest absolute Gasteiger partial charge is 0.340 e. The zero-order chi connectivity index (χ0) is 23.0. The van der Waals surface area contributed by atoms with Crippen molar-refractivity contribution in [3.8, 4) is 5.82 Å². The number of fused-ring (bicyclic) bond motifs is 1. The quantitative estimate of drug-likeness (QED) is 0.629. The number of ether oxygens (including phenoxy) is 1. The molecule has 0 saturated carbocycles. The maximum Gasteiger partial charge on any atom is 0.340 e. The van der Waals surface area contributed by atoms with Gasteiger partial charge in [-0.05, 0) is 45.9 Å². The molecule has 9 nitrogen and oxygen atoms in total. The zero-order valence-corrected chi connectivity index (χ0v) is 18.3. The average molecular weight is 436 g/mol. The molecule has 1 atom stereocenters. The summed E-state index contributed by atoms with van der Waals surface area (Å²) in [5, 5.41) is 6.81. The Morgan fingerprint density at radius 1 is 1.22 bits per heavy atom. The molecule has 0 fully saturated rings. The number of carbonyl (C=O) groups is 3. The molecular weight excluding hydrogens is 412 g/mol. The SMILES string of the molecule is Cc1cc(-n2c(C)cc(C(=O)OCC(=O)N3c4ccccc4NC(=O)C[C@H]3C)c2C)no1. The van der Waals surface area contributed by atoms with Crippen LogP contribution in [-0.2, 0) is 14.3 Å². The van der Waals surface area contributed by atoms with Crippen molar-refractivity contribution in [3.63, 3.8) is 0 Å². The number of hydrogen-bond acceptors (Lipinski definition) is 6. The van der Waals surface area contributed by atoms with Gasteiger partial charge in [0, 0.05) is 29.9 Å². The van der Waals surface area contributed by atoms with Gasteiger partial charge in [-0.3, -0.25) is 14.2 Å². The lowest BCUT2D eigenvalue weighted by atomic mass is 10.1. The Morgan fingerprint density at radius 3 is 2.69 bits per heavy atom. The van der Waals surface area contributed by atoms with Crippen molar-refractivity contribution in [2.45, 2.75) is 40.2 Å². The Balaban J connectivity index is 1.52. The van der Waals surface area contributed by atoms with Crippen LogP contribution < -0.4 is 10.2 Å². The molecule has 3 aromatic rings. The van der Waals surface area contributed by atoms with Crippen molar-refractivity contribution in [2.24, 2.45) is 0 Å². The molecule has 2 amide bonds. The third-order valence-electron chi connectivity index (χ3n) is 5.45. The summed E-state index contributed by atoms with van der Waals surface area (Å²) in [6.07, 6.45) is 0.145. The number of para-hydroxylation sites is 2. The highest BCUT2D eigenvalue weighted by Gasteiger charge is 2.30. The number of carbonyl (C=O) groups excluding carboxylic acids is 3. The van der Waals surface area contributed by atoms with E-state index < -0.39 is 18.5 Å². The lowest BCUT2D eigenvalue weighted by Crippen LogP contribution is -2.41. The fourth-order valence-electron chi connectivity index (χ4n) is 4.02. The van der Waals surface area contributed by atoms with Gasteiger partial charge >= 0.3 is 5.97 Å². The zero-order valence-electron chi connectivity index (χ0n) is 18.3. The second kappa shape index (κ2) is 8.33. The summed E-state index contributed by atoms with van der Waals surface area (Å²) in [5.74, 6) is 0.0354. The lowest BCUT2D eigenvalue weighted by molar-refractivity contribution is -0.122. The van der Waals surface area contributed by atoms with Gasteiger partial charge in [-0.15, -0.1) is 0 Å². The summed E-state index contributed by atoms with van der Waals surface area (Å²) in [5.41, 5.74) is 2.89. The Kier molecular flexibility index (Phi) is 5.56. The summed E-state index contributed by atoms with van der Waals surface area (Å²) in [4.78, 5) is 39.4. The number of nitrogens with zero attached hydrogens (tertiary/aromatic N) is 3. The summed E-state index contributed by atoms with van der Waals surface area (Å²) < 4.78 is 12.3. The predicted molar refractivity (Wildman–Crippen MR) is 117 cm³/mol. The molecule has 0 radical (unpaired) electrons. The van der Waals surface area contributed by atoms with Crippen LogP contribution in [0.2, 0.25) is 0 Å². The second-order valence-corrected chi connectivity index (χ2v) is 7.87. The van der Waals surface area contributed by atoms with Crippen LogP contribution in [0.5, 0.6) is 0 Å². The monoisotopic (exact) mass is 436 g/mol. The average Bonchev–Trinajstić information content (AvgIpc) is 3.25. The van der Waals surface area contributed by atoms with Crippen LogP contribution in [0.1, 0.15) is 40.9 Å². The van der Waals surface area contributed by atoms with Crippen molar-refractivity contribution in [1.29, 1.82) is 0 Å². The molecule has 9 heteroatoms. The number of anilines is 2. The Bertz CT molecular complexity index is 1210. The third kappa shape index (κ3) is 3.89. The normalized spacial score (nSPS) is 15.7. The van der Waals surface area contributed by atoms with Gasteiger partial charge in [0.2, 0.25) is 5.91 Å². The highest BCUT2D eigenvalue weighted by molar-refractivity contribution is 6.05.